The van der Waals surface area contributed by atoms with Crippen molar-refractivity contribution in [1.82, 2.24) is 10.3 Å². The van der Waals surface area contributed by atoms with E-state index in [1.807, 2.05) is 26.0 Å². The lowest BCUT2D eigenvalue weighted by Crippen LogP contribution is -2.29. The molecule has 2 aromatic rings. The second-order valence-electron chi connectivity index (χ2n) is 5.10. The first kappa shape index (κ1) is 16.0. The number of nitrogens with zero attached hydrogens (tertiary/aromatic N) is 1. The minimum Gasteiger partial charge on any atom is -0.481 e. The zero-order valence-electron chi connectivity index (χ0n) is 13.0. The van der Waals surface area contributed by atoms with Gasteiger partial charge in [0.1, 0.15) is 0 Å². The number of aryl methyl sites for hydroxylation is 2. The normalized spacial score (nSPS) is 11.8. The van der Waals surface area contributed by atoms with E-state index in [0.29, 0.717) is 11.4 Å². The first-order valence-electron chi connectivity index (χ1n) is 7.04. The van der Waals surface area contributed by atoms with Crippen molar-refractivity contribution in [1.29, 1.82) is 0 Å². The molecule has 0 fully saturated rings. The van der Waals surface area contributed by atoms with Gasteiger partial charge in [0.15, 0.2) is 6.10 Å². The van der Waals surface area contributed by atoms with E-state index < -0.39 is 12.0 Å². The number of amides is 1. The molecule has 1 aromatic heterocycles. The van der Waals surface area contributed by atoms with Crippen molar-refractivity contribution in [3.63, 3.8) is 0 Å². The van der Waals surface area contributed by atoms with Crippen LogP contribution in [0.3, 0.4) is 0 Å². The highest BCUT2D eigenvalue weighted by atomic mass is 16.5. The number of aliphatic hydroxyl groups is 1. The van der Waals surface area contributed by atoms with Gasteiger partial charge in [0.25, 0.3) is 5.91 Å². The van der Waals surface area contributed by atoms with Crippen molar-refractivity contribution in [2.24, 2.45) is 0 Å². The third kappa shape index (κ3) is 3.62. The molecule has 22 heavy (non-hydrogen) atoms. The molecule has 5 heteroatoms. The third-order valence-corrected chi connectivity index (χ3v) is 3.43. The second kappa shape index (κ2) is 7.04. The van der Waals surface area contributed by atoms with Crippen LogP contribution < -0.4 is 10.1 Å². The van der Waals surface area contributed by atoms with Gasteiger partial charge in [-0.15, -0.1) is 0 Å². The van der Waals surface area contributed by atoms with E-state index in [2.05, 4.69) is 10.3 Å². The molecule has 2 N–H and O–H groups in total. The SMILES string of the molecule is COc1nc(C)cc(C)c1CNC(=O)[C@@H](O)c1ccccc1. The van der Waals surface area contributed by atoms with E-state index >= 15 is 0 Å². The van der Waals surface area contributed by atoms with Crippen molar-refractivity contribution in [3.8, 4) is 5.88 Å². The van der Waals surface area contributed by atoms with E-state index in [0.717, 1.165) is 16.8 Å². The third-order valence-electron chi connectivity index (χ3n) is 3.43. The van der Waals surface area contributed by atoms with Gasteiger partial charge in [-0.05, 0) is 31.0 Å². The minimum atomic E-state index is -1.19. The van der Waals surface area contributed by atoms with Gasteiger partial charge < -0.3 is 15.2 Å². The fourth-order valence-corrected chi connectivity index (χ4v) is 2.27. The highest BCUT2D eigenvalue weighted by Crippen LogP contribution is 2.21. The lowest BCUT2D eigenvalue weighted by molar-refractivity contribution is -0.129. The van der Waals surface area contributed by atoms with Gasteiger partial charge >= 0.3 is 0 Å². The second-order valence-corrected chi connectivity index (χ2v) is 5.10. The average Bonchev–Trinajstić information content (AvgIpc) is 2.53. The van der Waals surface area contributed by atoms with Crippen LogP contribution in [0.15, 0.2) is 36.4 Å². The van der Waals surface area contributed by atoms with E-state index in [4.69, 9.17) is 4.74 Å². The highest BCUT2D eigenvalue weighted by molar-refractivity contribution is 5.81. The minimum absolute atomic E-state index is 0.255. The zero-order chi connectivity index (χ0) is 16.1. The molecular formula is C17H20N2O3. The van der Waals surface area contributed by atoms with E-state index in [1.165, 1.54) is 0 Å². The van der Waals surface area contributed by atoms with Crippen LogP contribution >= 0.6 is 0 Å². The Morgan fingerprint density at radius 1 is 1.32 bits per heavy atom. The molecule has 116 valence electrons. The maximum absolute atomic E-state index is 12.1. The largest absolute Gasteiger partial charge is 0.481 e. The molecule has 0 aliphatic carbocycles. The van der Waals surface area contributed by atoms with Gasteiger partial charge in [0.2, 0.25) is 5.88 Å². The monoisotopic (exact) mass is 300 g/mol. The fourth-order valence-electron chi connectivity index (χ4n) is 2.27. The van der Waals surface area contributed by atoms with Crippen LogP contribution in [-0.2, 0) is 11.3 Å². The smallest absolute Gasteiger partial charge is 0.253 e. The van der Waals surface area contributed by atoms with Crippen molar-refractivity contribution >= 4 is 5.91 Å². The summed E-state index contributed by atoms with van der Waals surface area (Å²) in [6.45, 7) is 4.08. The van der Waals surface area contributed by atoms with Crippen molar-refractivity contribution < 1.29 is 14.6 Å². The Morgan fingerprint density at radius 3 is 2.64 bits per heavy atom. The summed E-state index contributed by atoms with van der Waals surface area (Å²) in [5, 5.41) is 12.8. The number of ether oxygens (including phenoxy) is 1. The molecule has 0 saturated heterocycles. The number of nitrogens with one attached hydrogen (secondary N) is 1. The number of rotatable bonds is 5. The summed E-state index contributed by atoms with van der Waals surface area (Å²) in [5.41, 5.74) is 3.21. The van der Waals surface area contributed by atoms with E-state index in [-0.39, 0.29) is 6.54 Å². The molecule has 1 aromatic carbocycles. The number of carbonyl (C=O) groups is 1. The van der Waals surface area contributed by atoms with Crippen LogP contribution in [0.5, 0.6) is 5.88 Å². The molecular weight excluding hydrogens is 280 g/mol. The lowest BCUT2D eigenvalue weighted by Gasteiger charge is -2.15. The predicted octanol–water partition coefficient (Wildman–Crippen LogP) is 2.06. The van der Waals surface area contributed by atoms with Crippen molar-refractivity contribution in [3.05, 3.63) is 58.8 Å². The Bertz CT molecular complexity index is 656. The summed E-state index contributed by atoms with van der Waals surface area (Å²) in [5.74, 6) is 0.0419. The molecule has 0 radical (unpaired) electrons. The standard InChI is InChI=1S/C17H20N2O3/c1-11-9-12(2)19-17(22-3)14(11)10-18-16(21)15(20)13-7-5-4-6-8-13/h4-9,15,20H,10H2,1-3H3,(H,18,21)/t15-/m0/s1. The van der Waals surface area contributed by atoms with Gasteiger partial charge in [0.05, 0.1) is 7.11 Å². The van der Waals surface area contributed by atoms with Gasteiger partial charge in [-0.3, -0.25) is 4.79 Å². The Hall–Kier alpha value is -2.40. The summed E-state index contributed by atoms with van der Waals surface area (Å²) in [7, 11) is 1.55. The first-order chi connectivity index (χ1) is 10.5. The van der Waals surface area contributed by atoms with Gasteiger partial charge in [-0.1, -0.05) is 30.3 Å². The summed E-state index contributed by atoms with van der Waals surface area (Å²) in [6, 6.07) is 10.7. The molecule has 0 bridgehead atoms. The number of carbonyl (C=O) groups excluding carboxylic acids is 1. The fraction of sp³-hybridized carbons (Fsp3) is 0.294. The Labute approximate surface area is 130 Å². The first-order valence-corrected chi connectivity index (χ1v) is 7.04. The van der Waals surface area contributed by atoms with Gasteiger partial charge in [-0.25, -0.2) is 4.98 Å². The number of hydrogen-bond acceptors (Lipinski definition) is 4. The van der Waals surface area contributed by atoms with Crippen molar-refractivity contribution in [2.45, 2.75) is 26.5 Å². The lowest BCUT2D eigenvalue weighted by atomic mass is 10.1. The van der Waals surface area contributed by atoms with Gasteiger partial charge in [0, 0.05) is 17.8 Å². The van der Waals surface area contributed by atoms with Crippen LogP contribution in [-0.4, -0.2) is 23.1 Å². The number of benzene rings is 1. The summed E-state index contributed by atoms with van der Waals surface area (Å²) < 4.78 is 5.26. The summed E-state index contributed by atoms with van der Waals surface area (Å²) >= 11 is 0. The van der Waals surface area contributed by atoms with Crippen LogP contribution in [0.25, 0.3) is 0 Å². The summed E-state index contributed by atoms with van der Waals surface area (Å²) in [4.78, 5) is 16.4. The number of aliphatic hydroxyl groups excluding tert-OH is 1. The average molecular weight is 300 g/mol. The van der Waals surface area contributed by atoms with Crippen LogP contribution in [0.4, 0.5) is 0 Å². The maximum atomic E-state index is 12.1. The highest BCUT2D eigenvalue weighted by Gasteiger charge is 2.18. The molecule has 2 rings (SSSR count). The Kier molecular flexibility index (Phi) is 5.12. The zero-order valence-corrected chi connectivity index (χ0v) is 13.0. The molecule has 0 unspecified atom stereocenters. The van der Waals surface area contributed by atoms with Crippen LogP contribution in [0, 0.1) is 13.8 Å². The summed E-state index contributed by atoms with van der Waals surface area (Å²) in [6.07, 6.45) is -1.19. The van der Waals surface area contributed by atoms with Crippen molar-refractivity contribution in [2.75, 3.05) is 7.11 Å². The number of hydrogen-bond donors (Lipinski definition) is 2. The van der Waals surface area contributed by atoms with Crippen LogP contribution in [0.1, 0.15) is 28.5 Å². The van der Waals surface area contributed by atoms with Crippen LogP contribution in [0.2, 0.25) is 0 Å². The van der Waals surface area contributed by atoms with E-state index in [1.54, 1.807) is 31.4 Å². The topological polar surface area (TPSA) is 71.5 Å². The molecule has 1 atom stereocenters. The molecule has 1 heterocycles. The maximum Gasteiger partial charge on any atom is 0.253 e. The quantitative estimate of drug-likeness (QED) is 0.886. The molecule has 0 saturated carbocycles. The van der Waals surface area contributed by atoms with E-state index in [9.17, 15) is 9.90 Å². The number of aromatic nitrogens is 1. The molecule has 0 aliphatic rings. The molecule has 5 nitrogen and oxygen atoms in total. The van der Waals surface area contributed by atoms with Gasteiger partial charge in [-0.2, -0.15) is 0 Å². The molecule has 1 amide bonds. The predicted molar refractivity (Wildman–Crippen MR) is 83.5 cm³/mol. The number of pyridine rings is 1. The number of methoxy groups -OCH3 is 1. The molecule has 0 spiro atoms. The molecule has 0 aliphatic heterocycles. The Balaban J connectivity index is 2.09. The Morgan fingerprint density at radius 2 is 2.00 bits per heavy atom.